The molecule has 1 aromatic heterocycles. The number of hydrogen-bond donors (Lipinski definition) is 1. The van der Waals surface area contributed by atoms with Crippen molar-refractivity contribution in [3.8, 4) is 11.3 Å². The molecule has 1 amide bonds. The minimum atomic E-state index is -0.346. The zero-order valence-corrected chi connectivity index (χ0v) is 12.8. The van der Waals surface area contributed by atoms with Gasteiger partial charge in [-0.2, -0.15) is 0 Å². The molecule has 0 unspecified atom stereocenters. The number of amides is 1. The summed E-state index contributed by atoms with van der Waals surface area (Å²) in [5, 5.41) is 2.89. The fourth-order valence-corrected chi connectivity index (χ4v) is 2.51. The Kier molecular flexibility index (Phi) is 4.09. The fraction of sp³-hybridized carbons (Fsp3) is 0.333. The van der Waals surface area contributed by atoms with Crippen molar-refractivity contribution in [2.24, 2.45) is 0 Å². The summed E-state index contributed by atoms with van der Waals surface area (Å²) in [4.78, 5) is 16.3. The molecule has 0 aliphatic heterocycles. The number of alkyl carbamates (subject to hydrolysis) is 1. The van der Waals surface area contributed by atoms with Crippen molar-refractivity contribution in [2.45, 2.75) is 38.3 Å². The standard InChI is InChI=1S/C18H20N2O2/c1-12(2)22-18(21)20-17-11-14(17)16-10-6-9-15(19-16)13-7-4-3-5-8-13/h3-10,12,14,17H,11H2,1-2H3,(H,20,21)/t14-,17-/m0/s1. The maximum absolute atomic E-state index is 11.6. The van der Waals surface area contributed by atoms with Crippen LogP contribution in [0.25, 0.3) is 11.3 Å². The van der Waals surface area contributed by atoms with E-state index in [1.807, 2.05) is 50.2 Å². The number of hydrogen-bond acceptors (Lipinski definition) is 3. The predicted molar refractivity (Wildman–Crippen MR) is 85.6 cm³/mol. The van der Waals surface area contributed by atoms with Gasteiger partial charge < -0.3 is 10.1 Å². The Bertz CT molecular complexity index is 655. The van der Waals surface area contributed by atoms with Crippen LogP contribution in [0.15, 0.2) is 48.5 Å². The first-order valence-corrected chi connectivity index (χ1v) is 7.63. The third-order valence-electron chi connectivity index (χ3n) is 3.66. The van der Waals surface area contributed by atoms with Gasteiger partial charge in [0, 0.05) is 23.2 Å². The number of pyridine rings is 1. The van der Waals surface area contributed by atoms with E-state index < -0.39 is 0 Å². The highest BCUT2D eigenvalue weighted by atomic mass is 16.6. The van der Waals surface area contributed by atoms with Crippen molar-refractivity contribution >= 4 is 6.09 Å². The lowest BCUT2D eigenvalue weighted by Crippen LogP contribution is -2.29. The van der Waals surface area contributed by atoms with Crippen LogP contribution < -0.4 is 5.32 Å². The first-order valence-electron chi connectivity index (χ1n) is 7.63. The molecule has 2 aromatic rings. The van der Waals surface area contributed by atoms with E-state index in [0.717, 1.165) is 23.4 Å². The van der Waals surface area contributed by atoms with E-state index in [9.17, 15) is 4.79 Å². The van der Waals surface area contributed by atoms with Crippen LogP contribution in [0.4, 0.5) is 4.79 Å². The summed E-state index contributed by atoms with van der Waals surface area (Å²) >= 11 is 0. The highest BCUT2D eigenvalue weighted by molar-refractivity contribution is 5.68. The third-order valence-corrected chi connectivity index (χ3v) is 3.66. The topological polar surface area (TPSA) is 51.2 Å². The van der Waals surface area contributed by atoms with Gasteiger partial charge in [-0.1, -0.05) is 36.4 Å². The van der Waals surface area contributed by atoms with E-state index in [2.05, 4.69) is 17.4 Å². The predicted octanol–water partition coefficient (Wildman–Crippen LogP) is 3.74. The quantitative estimate of drug-likeness (QED) is 0.935. The van der Waals surface area contributed by atoms with Crippen LogP contribution in [0.2, 0.25) is 0 Å². The Balaban J connectivity index is 1.66. The van der Waals surface area contributed by atoms with Gasteiger partial charge in [0.2, 0.25) is 0 Å². The van der Waals surface area contributed by atoms with E-state index >= 15 is 0 Å². The Labute approximate surface area is 130 Å². The van der Waals surface area contributed by atoms with Crippen molar-refractivity contribution in [3.05, 3.63) is 54.2 Å². The summed E-state index contributed by atoms with van der Waals surface area (Å²) < 4.78 is 5.11. The second-order valence-corrected chi connectivity index (χ2v) is 5.86. The van der Waals surface area contributed by atoms with Gasteiger partial charge in [-0.15, -0.1) is 0 Å². The Hall–Kier alpha value is -2.36. The van der Waals surface area contributed by atoms with Crippen molar-refractivity contribution in [1.29, 1.82) is 0 Å². The van der Waals surface area contributed by atoms with Crippen molar-refractivity contribution in [3.63, 3.8) is 0 Å². The number of carbonyl (C=O) groups excluding carboxylic acids is 1. The lowest BCUT2D eigenvalue weighted by Gasteiger charge is -2.09. The molecule has 1 aliphatic carbocycles. The molecule has 1 fully saturated rings. The van der Waals surface area contributed by atoms with Gasteiger partial charge in [0.15, 0.2) is 0 Å². The highest BCUT2D eigenvalue weighted by Gasteiger charge is 2.41. The number of carbonyl (C=O) groups is 1. The molecule has 1 saturated carbocycles. The minimum absolute atomic E-state index is 0.100. The van der Waals surface area contributed by atoms with Gasteiger partial charge in [-0.3, -0.25) is 4.98 Å². The molecule has 4 nitrogen and oxygen atoms in total. The molecule has 3 rings (SSSR count). The average Bonchev–Trinajstić information content (AvgIpc) is 3.26. The molecule has 1 aliphatic rings. The van der Waals surface area contributed by atoms with Crippen LogP contribution >= 0.6 is 0 Å². The van der Waals surface area contributed by atoms with Crippen LogP contribution in [0, 0.1) is 0 Å². The van der Waals surface area contributed by atoms with Crippen LogP contribution in [0.3, 0.4) is 0 Å². The maximum Gasteiger partial charge on any atom is 0.407 e. The molecule has 0 radical (unpaired) electrons. The molecule has 114 valence electrons. The molecule has 0 saturated heterocycles. The lowest BCUT2D eigenvalue weighted by atomic mass is 10.1. The van der Waals surface area contributed by atoms with Crippen molar-refractivity contribution < 1.29 is 9.53 Å². The number of ether oxygens (including phenoxy) is 1. The smallest absolute Gasteiger partial charge is 0.407 e. The zero-order chi connectivity index (χ0) is 15.5. The van der Waals surface area contributed by atoms with Gasteiger partial charge in [-0.05, 0) is 32.4 Å². The second kappa shape index (κ2) is 6.18. The second-order valence-electron chi connectivity index (χ2n) is 5.86. The number of rotatable bonds is 4. The highest BCUT2D eigenvalue weighted by Crippen LogP contribution is 2.40. The molecule has 0 bridgehead atoms. The molecule has 2 atom stereocenters. The van der Waals surface area contributed by atoms with E-state index in [1.165, 1.54) is 0 Å². The maximum atomic E-state index is 11.6. The van der Waals surface area contributed by atoms with Crippen LogP contribution in [-0.2, 0) is 4.74 Å². The first kappa shape index (κ1) is 14.6. The minimum Gasteiger partial charge on any atom is -0.447 e. The number of benzene rings is 1. The summed E-state index contributed by atoms with van der Waals surface area (Å²) in [6.07, 6.45) is 0.469. The molecule has 1 N–H and O–H groups in total. The number of aromatic nitrogens is 1. The van der Waals surface area contributed by atoms with Gasteiger partial charge >= 0.3 is 6.09 Å². The molecule has 22 heavy (non-hydrogen) atoms. The zero-order valence-electron chi connectivity index (χ0n) is 12.8. The summed E-state index contributed by atoms with van der Waals surface area (Å²) in [7, 11) is 0. The number of nitrogens with one attached hydrogen (secondary N) is 1. The van der Waals surface area contributed by atoms with E-state index in [0.29, 0.717) is 0 Å². The Morgan fingerprint density at radius 3 is 2.68 bits per heavy atom. The van der Waals surface area contributed by atoms with Crippen molar-refractivity contribution in [2.75, 3.05) is 0 Å². The van der Waals surface area contributed by atoms with E-state index in [1.54, 1.807) is 0 Å². The largest absolute Gasteiger partial charge is 0.447 e. The van der Waals surface area contributed by atoms with Crippen molar-refractivity contribution in [1.82, 2.24) is 10.3 Å². The number of nitrogens with zero attached hydrogens (tertiary/aromatic N) is 1. The summed E-state index contributed by atoms with van der Waals surface area (Å²) in [5.41, 5.74) is 3.10. The molecule has 0 spiro atoms. The summed E-state index contributed by atoms with van der Waals surface area (Å²) in [6.45, 7) is 3.68. The van der Waals surface area contributed by atoms with Crippen LogP contribution in [0.1, 0.15) is 31.9 Å². The van der Waals surface area contributed by atoms with Gasteiger partial charge in [0.25, 0.3) is 0 Å². The molecule has 4 heteroatoms. The summed E-state index contributed by atoms with van der Waals surface area (Å²) in [6, 6.07) is 16.3. The normalized spacial score (nSPS) is 19.8. The molecular formula is C18H20N2O2. The molecule has 1 aromatic carbocycles. The average molecular weight is 296 g/mol. The van der Waals surface area contributed by atoms with Crippen LogP contribution in [0.5, 0.6) is 0 Å². The Morgan fingerprint density at radius 2 is 1.95 bits per heavy atom. The van der Waals surface area contributed by atoms with E-state index in [4.69, 9.17) is 9.72 Å². The Morgan fingerprint density at radius 1 is 1.18 bits per heavy atom. The van der Waals surface area contributed by atoms with E-state index in [-0.39, 0.29) is 24.2 Å². The molecule has 1 heterocycles. The first-order chi connectivity index (χ1) is 10.6. The monoisotopic (exact) mass is 296 g/mol. The van der Waals surface area contributed by atoms with Gasteiger partial charge in [0.05, 0.1) is 11.8 Å². The van der Waals surface area contributed by atoms with Crippen LogP contribution in [-0.4, -0.2) is 23.2 Å². The SMILES string of the molecule is CC(C)OC(=O)N[C@H]1C[C@H]1c1cccc(-c2ccccc2)n1. The van der Waals surface area contributed by atoms with Gasteiger partial charge in [-0.25, -0.2) is 4.79 Å². The third kappa shape index (κ3) is 3.45. The lowest BCUT2D eigenvalue weighted by molar-refractivity contribution is 0.115. The van der Waals surface area contributed by atoms with Gasteiger partial charge in [0.1, 0.15) is 0 Å². The fourth-order valence-electron chi connectivity index (χ4n) is 2.51. The molecular weight excluding hydrogens is 276 g/mol. The summed E-state index contributed by atoms with van der Waals surface area (Å²) in [5.74, 6) is 0.281.